The van der Waals surface area contributed by atoms with Gasteiger partial charge in [-0.1, -0.05) is 6.42 Å². The van der Waals surface area contributed by atoms with Crippen LogP contribution in [0.4, 0.5) is 0 Å². The maximum atomic E-state index is 4.89. The van der Waals surface area contributed by atoms with Crippen molar-refractivity contribution < 1.29 is 21.8 Å². The van der Waals surface area contributed by atoms with E-state index in [1.54, 1.807) is 6.61 Å². The molecule has 0 spiro atoms. The molecule has 1 heterocycles. The molecule has 0 N–H and O–H groups in total. The van der Waals surface area contributed by atoms with Gasteiger partial charge in [0, 0.05) is 0 Å². The van der Waals surface area contributed by atoms with Crippen LogP contribution in [0.3, 0.4) is 0 Å². The second-order valence-corrected chi connectivity index (χ2v) is 1.38. The average Bonchev–Trinajstić information content (AvgIpc) is 1.72. The summed E-state index contributed by atoms with van der Waals surface area (Å²) in [5.74, 6) is 0. The van der Waals surface area contributed by atoms with Gasteiger partial charge in [-0.15, -0.1) is 6.42 Å². The van der Waals surface area contributed by atoms with Crippen LogP contribution in [-0.4, -0.2) is 6.61 Å². The summed E-state index contributed by atoms with van der Waals surface area (Å²) in [5, 5.41) is 0. The first-order valence-corrected chi connectivity index (χ1v) is 2.27. The number of hydrogen-bond donors (Lipinski definition) is 0. The predicted octanol–water partition coefficient (Wildman–Crippen LogP) is 1.16. The van der Waals surface area contributed by atoms with Crippen LogP contribution in [0.2, 0.25) is 0 Å². The van der Waals surface area contributed by atoms with Gasteiger partial charge >= 0.3 is 17.1 Å². The van der Waals surface area contributed by atoms with Gasteiger partial charge in [-0.05, 0) is 6.42 Å². The van der Waals surface area contributed by atoms with E-state index in [2.05, 4.69) is 0 Å². The van der Waals surface area contributed by atoms with Crippen LogP contribution >= 0.6 is 0 Å². The van der Waals surface area contributed by atoms with Gasteiger partial charge in [-0.3, -0.25) is 0 Å². The summed E-state index contributed by atoms with van der Waals surface area (Å²) in [6.07, 6.45) is 4.43. The molecule has 1 fully saturated rings. The third-order valence-electron chi connectivity index (χ3n) is 0.825. The molecule has 0 aromatic rings. The fourth-order valence-corrected chi connectivity index (χ4v) is 0.489. The zero-order valence-electron chi connectivity index (χ0n) is 3.99. The normalized spacial score (nSPS) is 19.4. The van der Waals surface area contributed by atoms with Gasteiger partial charge in [0.15, 0.2) is 0 Å². The fourth-order valence-electron chi connectivity index (χ4n) is 0.489. The summed E-state index contributed by atoms with van der Waals surface area (Å²) in [6, 6.07) is 0. The monoisotopic (exact) mass is 147 g/mol. The quantitative estimate of drug-likeness (QED) is 0.369. The maximum absolute atomic E-state index is 4.89. The van der Waals surface area contributed by atoms with Crippen LogP contribution in [0.15, 0.2) is 0 Å². The van der Waals surface area contributed by atoms with Crippen molar-refractivity contribution in [2.75, 3.05) is 6.61 Å². The zero-order valence-corrected chi connectivity index (χ0v) is 4.93. The van der Waals surface area contributed by atoms with E-state index in [1.165, 1.54) is 12.8 Å². The summed E-state index contributed by atoms with van der Waals surface area (Å²) in [5.41, 5.74) is 0. The van der Waals surface area contributed by atoms with Crippen molar-refractivity contribution >= 4 is 0 Å². The molecule has 0 atom stereocenters. The Hall–Kier alpha value is 0.349. The number of ether oxygens (including phenoxy) is 1. The molecule has 1 saturated heterocycles. The summed E-state index contributed by atoms with van der Waals surface area (Å²) in [7, 11) is 0. The molecule has 0 bridgehead atoms. The fraction of sp³-hybridized carbons (Fsp3) is 0.600. The van der Waals surface area contributed by atoms with Gasteiger partial charge in [-0.25, -0.2) is 4.74 Å². The molecule has 0 saturated carbocycles. The molecule has 1 aliphatic heterocycles. The topological polar surface area (TPSA) is 9.23 Å². The minimum absolute atomic E-state index is 0. The van der Waals surface area contributed by atoms with Crippen LogP contribution in [0.5, 0.6) is 0 Å². The van der Waals surface area contributed by atoms with Crippen molar-refractivity contribution in [3.63, 3.8) is 0 Å². The first kappa shape index (κ1) is 7.35. The largest absolute Gasteiger partial charge is 1.00 e. The van der Waals surface area contributed by atoms with Gasteiger partial charge in [0.05, 0.1) is 13.2 Å². The van der Waals surface area contributed by atoms with E-state index in [0.29, 0.717) is 0 Å². The van der Waals surface area contributed by atoms with Crippen LogP contribution in [0.25, 0.3) is 0 Å². The van der Waals surface area contributed by atoms with Gasteiger partial charge in [0.1, 0.15) is 0 Å². The number of hydrogen-bond acceptors (Lipinski definition) is 1. The van der Waals surface area contributed by atoms with E-state index < -0.39 is 0 Å². The van der Waals surface area contributed by atoms with Crippen molar-refractivity contribution in [3.8, 4) is 0 Å². The minimum Gasteiger partial charge on any atom is -0.232 e. The van der Waals surface area contributed by atoms with Crippen LogP contribution in [-0.2, 0) is 21.8 Å². The Labute approximate surface area is 54.9 Å². The van der Waals surface area contributed by atoms with Crippen molar-refractivity contribution in [2.24, 2.45) is 0 Å². The van der Waals surface area contributed by atoms with Crippen LogP contribution in [0.1, 0.15) is 12.8 Å². The predicted molar refractivity (Wildman–Crippen MR) is 23.8 cm³/mol. The number of rotatable bonds is 0. The van der Waals surface area contributed by atoms with Gasteiger partial charge < -0.3 is 0 Å². The van der Waals surface area contributed by atoms with E-state index >= 15 is 0 Å². The second kappa shape index (κ2) is 4.51. The molecule has 0 aliphatic carbocycles. The Bertz CT molecular complexity index is 23.6. The van der Waals surface area contributed by atoms with Gasteiger partial charge in [0.2, 0.25) is 0 Å². The standard InChI is InChI=1S/C5H8O.Cu/c1-2-4-6-5-3-1;/h2,4H,1,3,5H2;/q;+1. The van der Waals surface area contributed by atoms with Crippen molar-refractivity contribution in [2.45, 2.75) is 12.8 Å². The van der Waals surface area contributed by atoms with Gasteiger partial charge in [0.25, 0.3) is 0 Å². The molecule has 2 heteroatoms. The third-order valence-corrected chi connectivity index (χ3v) is 0.825. The van der Waals surface area contributed by atoms with Crippen molar-refractivity contribution in [1.29, 1.82) is 0 Å². The smallest absolute Gasteiger partial charge is 0.232 e. The van der Waals surface area contributed by atoms with Crippen LogP contribution in [0, 0.1) is 13.0 Å². The summed E-state index contributed by atoms with van der Waals surface area (Å²) in [6.45, 7) is 2.68. The Kier molecular flexibility index (Phi) is 4.73. The first-order valence-electron chi connectivity index (χ1n) is 2.27. The van der Waals surface area contributed by atoms with E-state index in [4.69, 9.17) is 4.74 Å². The molecule has 44 valence electrons. The molecule has 0 radical (unpaired) electrons. The Morgan fingerprint density at radius 1 is 1.57 bits per heavy atom. The molecule has 0 aromatic heterocycles. The maximum Gasteiger partial charge on any atom is 1.00 e. The summed E-state index contributed by atoms with van der Waals surface area (Å²) < 4.78 is 4.89. The molecule has 1 nitrogen and oxygen atoms in total. The van der Waals surface area contributed by atoms with Gasteiger partial charge in [-0.2, -0.15) is 0 Å². The Balaban J connectivity index is 0.000000360. The van der Waals surface area contributed by atoms with E-state index in [1.807, 2.05) is 6.42 Å². The first-order chi connectivity index (χ1) is 3.00. The van der Waals surface area contributed by atoms with E-state index in [-0.39, 0.29) is 17.1 Å². The molecular formula is C5H8CuO+. The van der Waals surface area contributed by atoms with E-state index in [0.717, 1.165) is 6.61 Å². The second-order valence-electron chi connectivity index (χ2n) is 1.38. The summed E-state index contributed by atoms with van der Waals surface area (Å²) in [4.78, 5) is 0. The molecule has 1 rings (SSSR count). The zero-order chi connectivity index (χ0) is 4.24. The van der Waals surface area contributed by atoms with Crippen LogP contribution < -0.4 is 0 Å². The molecule has 1 aliphatic rings. The minimum atomic E-state index is 0. The van der Waals surface area contributed by atoms with E-state index in [9.17, 15) is 0 Å². The molecule has 0 amide bonds. The Morgan fingerprint density at radius 3 is 2.57 bits per heavy atom. The Morgan fingerprint density at radius 2 is 2.43 bits per heavy atom. The SMILES string of the molecule is [CH+]1[CH-]CCCO1.[Cu+]. The molecular weight excluding hydrogens is 140 g/mol. The molecule has 7 heavy (non-hydrogen) atoms. The van der Waals surface area contributed by atoms with Crippen molar-refractivity contribution in [3.05, 3.63) is 13.0 Å². The van der Waals surface area contributed by atoms with Crippen molar-refractivity contribution in [1.82, 2.24) is 0 Å². The third kappa shape index (κ3) is 2.98. The molecule has 0 unspecified atom stereocenters. The molecule has 0 aromatic carbocycles. The summed E-state index contributed by atoms with van der Waals surface area (Å²) >= 11 is 0. The average molecular weight is 148 g/mol.